The summed E-state index contributed by atoms with van der Waals surface area (Å²) >= 11 is 0. The van der Waals surface area contributed by atoms with Crippen molar-refractivity contribution in [1.82, 2.24) is 25.1 Å². The summed E-state index contributed by atoms with van der Waals surface area (Å²) in [4.78, 5) is 23.2. The van der Waals surface area contributed by atoms with E-state index in [0.717, 1.165) is 13.1 Å². The Balaban J connectivity index is 1.45. The van der Waals surface area contributed by atoms with E-state index in [4.69, 9.17) is 9.84 Å². The van der Waals surface area contributed by atoms with Crippen LogP contribution in [0.3, 0.4) is 0 Å². The number of methoxy groups -OCH3 is 1. The van der Waals surface area contributed by atoms with Gasteiger partial charge in [-0.3, -0.25) is 9.89 Å². The van der Waals surface area contributed by atoms with Gasteiger partial charge in [0.15, 0.2) is 5.82 Å². The van der Waals surface area contributed by atoms with Crippen LogP contribution in [0.4, 0.5) is 21.7 Å². The molecule has 0 atom stereocenters. The Kier molecular flexibility index (Phi) is 9.39. The third-order valence-electron chi connectivity index (χ3n) is 5.93. The molecule has 39 heavy (non-hydrogen) atoms. The number of hydrogen-bond donors (Lipinski definition) is 4. The molecule has 2 aromatic carbocycles. The highest BCUT2D eigenvalue weighted by Gasteiger charge is 2.13. The molecule has 4 aromatic rings. The van der Waals surface area contributed by atoms with Crippen molar-refractivity contribution in [3.63, 3.8) is 0 Å². The molecule has 2 heterocycles. The number of rotatable bonds is 11. The first-order valence-electron chi connectivity index (χ1n) is 12.5. The number of hydrogen-bond acceptors (Lipinski definition) is 8. The smallest absolute Gasteiger partial charge is 0.230 e. The predicted octanol–water partition coefficient (Wildman–Crippen LogP) is 3.48. The van der Waals surface area contributed by atoms with Gasteiger partial charge < -0.3 is 25.4 Å². The second-order valence-electron chi connectivity index (χ2n) is 8.64. The van der Waals surface area contributed by atoms with Gasteiger partial charge in [0.25, 0.3) is 0 Å². The summed E-state index contributed by atoms with van der Waals surface area (Å²) < 4.78 is 18.9. The van der Waals surface area contributed by atoms with Gasteiger partial charge in [-0.15, -0.1) is 0 Å². The number of likely N-dealkylation sites (N-methyl/N-ethyl adjacent to an activating group) is 1. The Labute approximate surface area is 225 Å². The average molecular weight is 532 g/mol. The fourth-order valence-corrected chi connectivity index (χ4v) is 3.97. The topological polar surface area (TPSA) is 128 Å². The van der Waals surface area contributed by atoms with Gasteiger partial charge >= 0.3 is 0 Å². The Morgan fingerprint density at radius 1 is 1.21 bits per heavy atom. The van der Waals surface area contributed by atoms with Crippen LogP contribution in [0.15, 0.2) is 48.8 Å². The number of benzene rings is 2. The number of ether oxygens (including phenoxy) is 1. The first kappa shape index (κ1) is 27.5. The predicted molar refractivity (Wildman–Crippen MR) is 147 cm³/mol. The third kappa shape index (κ3) is 7.50. The van der Waals surface area contributed by atoms with Gasteiger partial charge in [-0.25, -0.2) is 14.4 Å². The molecule has 0 saturated carbocycles. The van der Waals surface area contributed by atoms with E-state index in [-0.39, 0.29) is 18.9 Å². The molecular weight excluding hydrogens is 501 g/mol. The number of amides is 1. The van der Waals surface area contributed by atoms with Gasteiger partial charge in [-0.05, 0) is 36.9 Å². The van der Waals surface area contributed by atoms with Crippen LogP contribution in [0, 0.1) is 17.7 Å². The molecule has 0 unspecified atom stereocenters. The Morgan fingerprint density at radius 2 is 2.08 bits per heavy atom. The zero-order valence-electron chi connectivity index (χ0n) is 21.8. The maximum atomic E-state index is 13.4. The van der Waals surface area contributed by atoms with Gasteiger partial charge in [0, 0.05) is 42.3 Å². The van der Waals surface area contributed by atoms with Crippen molar-refractivity contribution in [3.8, 4) is 17.6 Å². The number of aliphatic hydroxyl groups is 1. The highest BCUT2D eigenvalue weighted by atomic mass is 19.1. The van der Waals surface area contributed by atoms with E-state index in [1.165, 1.54) is 24.5 Å². The van der Waals surface area contributed by atoms with Gasteiger partial charge in [-0.2, -0.15) is 5.10 Å². The van der Waals surface area contributed by atoms with E-state index in [0.29, 0.717) is 58.2 Å². The summed E-state index contributed by atoms with van der Waals surface area (Å²) in [6.07, 6.45) is 2.14. The van der Waals surface area contributed by atoms with Gasteiger partial charge in [0.1, 0.15) is 23.7 Å². The van der Waals surface area contributed by atoms with Crippen LogP contribution >= 0.6 is 0 Å². The van der Waals surface area contributed by atoms with E-state index in [1.807, 2.05) is 12.1 Å². The molecule has 4 N–H and O–H groups in total. The molecule has 0 bridgehead atoms. The van der Waals surface area contributed by atoms with Crippen LogP contribution in [0.5, 0.6) is 5.75 Å². The summed E-state index contributed by atoms with van der Waals surface area (Å²) in [5.41, 5.74) is 2.35. The second kappa shape index (κ2) is 13.3. The van der Waals surface area contributed by atoms with Gasteiger partial charge in [-0.1, -0.05) is 24.8 Å². The summed E-state index contributed by atoms with van der Waals surface area (Å²) in [7, 11) is 1.58. The minimum Gasteiger partial charge on any atom is -0.495 e. The van der Waals surface area contributed by atoms with Crippen molar-refractivity contribution in [2.75, 3.05) is 44.0 Å². The molecule has 2 aromatic heterocycles. The van der Waals surface area contributed by atoms with Crippen LogP contribution in [0.1, 0.15) is 24.6 Å². The molecule has 0 aliphatic rings. The van der Waals surface area contributed by atoms with E-state index in [2.05, 4.69) is 54.5 Å². The molecule has 11 heteroatoms. The number of carbonyl (C=O) groups excluding carboxylic acids is 1. The highest BCUT2D eigenvalue weighted by Crippen LogP contribution is 2.29. The second-order valence-corrected chi connectivity index (χ2v) is 8.64. The molecule has 0 aliphatic heterocycles. The first-order valence-corrected chi connectivity index (χ1v) is 12.5. The molecule has 202 valence electrons. The molecule has 1 amide bonds. The quantitative estimate of drug-likeness (QED) is 0.217. The average Bonchev–Trinajstić information content (AvgIpc) is 3.36. The molecule has 0 fully saturated rings. The highest BCUT2D eigenvalue weighted by molar-refractivity contribution is 5.93. The minimum atomic E-state index is -0.425. The summed E-state index contributed by atoms with van der Waals surface area (Å²) in [5.74, 6) is 7.19. The lowest BCUT2D eigenvalue weighted by Crippen LogP contribution is -2.27. The van der Waals surface area contributed by atoms with Crippen molar-refractivity contribution in [3.05, 3.63) is 65.9 Å². The summed E-state index contributed by atoms with van der Waals surface area (Å²) in [6.45, 7) is 4.43. The number of H-pyrrole nitrogens is 1. The zero-order valence-corrected chi connectivity index (χ0v) is 21.8. The van der Waals surface area contributed by atoms with Crippen LogP contribution in [-0.2, 0) is 11.2 Å². The van der Waals surface area contributed by atoms with Crippen molar-refractivity contribution < 1.29 is 19.0 Å². The molecule has 0 spiro atoms. The SMILES string of the molecule is CCN(CCO)CCC#Cc1cc2ncnc(Nc3cc(CC(=O)Nc4cccc(F)c4)[nH]n3)c2cc1OC. The van der Waals surface area contributed by atoms with Crippen molar-refractivity contribution >= 4 is 34.1 Å². The fraction of sp³-hybridized carbons (Fsp3) is 0.286. The van der Waals surface area contributed by atoms with E-state index in [9.17, 15) is 9.18 Å². The summed E-state index contributed by atoms with van der Waals surface area (Å²) in [5, 5.41) is 22.7. The molecule has 0 saturated heterocycles. The number of nitrogens with one attached hydrogen (secondary N) is 3. The maximum Gasteiger partial charge on any atom is 0.230 e. The molecule has 0 radical (unpaired) electrons. The fourth-order valence-electron chi connectivity index (χ4n) is 3.97. The van der Waals surface area contributed by atoms with E-state index >= 15 is 0 Å². The standard InChI is InChI=1S/C28H30FN7O3/c1-3-36(11-12-37)10-5-4-7-19-13-24-23(17-25(19)39-2)28(31-18-30-24)33-26-15-22(34-35-26)16-27(38)32-21-9-6-8-20(29)14-21/h6,8-9,13-15,17-18,37H,3,5,10-12,16H2,1-2H3,(H,32,38)(H2,30,31,33,34,35). The number of aromatic amines is 1. The monoisotopic (exact) mass is 531 g/mol. The molecule has 10 nitrogen and oxygen atoms in total. The molecular formula is C28H30FN7O3. The lowest BCUT2D eigenvalue weighted by Gasteiger charge is -2.16. The Morgan fingerprint density at radius 3 is 2.85 bits per heavy atom. The van der Waals surface area contributed by atoms with Crippen LogP contribution in [-0.4, -0.2) is 69.4 Å². The number of carbonyl (C=O) groups is 1. The molecule has 4 rings (SSSR count). The Bertz CT molecular complexity index is 1500. The number of halogens is 1. The third-order valence-corrected chi connectivity index (χ3v) is 5.93. The van der Waals surface area contributed by atoms with Gasteiger partial charge in [0.2, 0.25) is 5.91 Å². The number of fused-ring (bicyclic) bond motifs is 1. The van der Waals surface area contributed by atoms with E-state index in [1.54, 1.807) is 19.2 Å². The number of aromatic nitrogens is 4. The maximum absolute atomic E-state index is 13.4. The van der Waals surface area contributed by atoms with Crippen LogP contribution in [0.25, 0.3) is 10.9 Å². The largest absolute Gasteiger partial charge is 0.495 e. The van der Waals surface area contributed by atoms with Crippen LogP contribution < -0.4 is 15.4 Å². The van der Waals surface area contributed by atoms with E-state index < -0.39 is 5.82 Å². The minimum absolute atomic E-state index is 0.0293. The molecule has 0 aliphatic carbocycles. The van der Waals surface area contributed by atoms with Gasteiger partial charge in [0.05, 0.1) is 31.2 Å². The van der Waals surface area contributed by atoms with Crippen molar-refractivity contribution in [1.29, 1.82) is 0 Å². The number of anilines is 3. The lowest BCUT2D eigenvalue weighted by molar-refractivity contribution is -0.115. The van der Waals surface area contributed by atoms with Crippen molar-refractivity contribution in [2.45, 2.75) is 19.8 Å². The Hall–Kier alpha value is -4.53. The lowest BCUT2D eigenvalue weighted by atomic mass is 10.1. The number of nitrogens with zero attached hydrogens (tertiary/aromatic N) is 4. The zero-order chi connectivity index (χ0) is 27.6. The van der Waals surface area contributed by atoms with Crippen molar-refractivity contribution in [2.24, 2.45) is 0 Å². The summed E-state index contributed by atoms with van der Waals surface area (Å²) in [6, 6.07) is 11.1. The van der Waals surface area contributed by atoms with Crippen LogP contribution in [0.2, 0.25) is 0 Å². The normalized spacial score (nSPS) is 10.8. The number of aliphatic hydroxyl groups excluding tert-OH is 1. The first-order chi connectivity index (χ1) is 19.0.